The van der Waals surface area contributed by atoms with E-state index in [4.69, 9.17) is 33.9 Å². The number of likely N-dealkylation sites (tertiary alicyclic amines) is 1. The molecule has 0 aliphatic carbocycles. The van der Waals surface area contributed by atoms with E-state index >= 15 is 0 Å². The van der Waals surface area contributed by atoms with Gasteiger partial charge < -0.3 is 4.90 Å². The van der Waals surface area contributed by atoms with Crippen LogP contribution in [0.15, 0.2) is 17.0 Å². The highest BCUT2D eigenvalue weighted by Gasteiger charge is 2.32. The van der Waals surface area contributed by atoms with Crippen LogP contribution in [0, 0.1) is 5.92 Å². The topological polar surface area (TPSA) is 54.5 Å². The lowest BCUT2D eigenvalue weighted by atomic mass is 10.1. The van der Waals surface area contributed by atoms with Gasteiger partial charge in [0, 0.05) is 23.3 Å². The van der Waals surface area contributed by atoms with E-state index in [-0.39, 0.29) is 32.5 Å². The molecule has 8 heteroatoms. The van der Waals surface area contributed by atoms with Crippen LogP contribution in [0.2, 0.25) is 10.0 Å². The molecule has 1 amide bonds. The molecular weight excluding hydrogens is 357 g/mol. The van der Waals surface area contributed by atoms with Gasteiger partial charge in [0.15, 0.2) is 0 Å². The van der Waals surface area contributed by atoms with Crippen molar-refractivity contribution in [2.24, 2.45) is 5.92 Å². The van der Waals surface area contributed by atoms with Gasteiger partial charge in [-0.25, -0.2) is 8.42 Å². The molecule has 1 aromatic carbocycles. The third kappa shape index (κ3) is 3.47. The van der Waals surface area contributed by atoms with Gasteiger partial charge in [-0.15, -0.1) is 0 Å². The molecule has 0 N–H and O–H groups in total. The number of hydrogen-bond donors (Lipinski definition) is 0. The molecule has 1 aromatic rings. The summed E-state index contributed by atoms with van der Waals surface area (Å²) < 4.78 is 22.9. The normalized spacial score (nSPS) is 22.6. The number of halogens is 3. The molecule has 0 saturated carbocycles. The van der Waals surface area contributed by atoms with Crippen LogP contribution in [0.5, 0.6) is 0 Å². The Hall–Kier alpha value is -0.490. The molecule has 21 heavy (non-hydrogen) atoms. The highest BCUT2D eigenvalue weighted by Crippen LogP contribution is 2.33. The number of hydrogen-bond acceptors (Lipinski definition) is 3. The molecule has 1 saturated heterocycles. The third-order valence-corrected chi connectivity index (χ3v) is 5.69. The molecule has 1 aliphatic heterocycles. The maximum Gasteiger partial charge on any atom is 0.261 e. The first-order valence-corrected chi connectivity index (χ1v) is 9.42. The first-order valence-electron chi connectivity index (χ1n) is 6.36. The molecule has 1 fully saturated rings. The molecule has 0 radical (unpaired) electrons. The van der Waals surface area contributed by atoms with E-state index in [1.54, 1.807) is 4.90 Å². The first kappa shape index (κ1) is 16.9. The largest absolute Gasteiger partial charge is 0.336 e. The molecule has 116 valence electrons. The Kier molecular flexibility index (Phi) is 4.78. The number of benzene rings is 1. The highest BCUT2D eigenvalue weighted by atomic mass is 35.7. The van der Waals surface area contributed by atoms with E-state index in [2.05, 4.69) is 6.92 Å². The van der Waals surface area contributed by atoms with Crippen molar-refractivity contribution in [2.75, 3.05) is 6.54 Å². The molecule has 2 atom stereocenters. The van der Waals surface area contributed by atoms with Crippen molar-refractivity contribution in [1.29, 1.82) is 0 Å². The van der Waals surface area contributed by atoms with Crippen molar-refractivity contribution >= 4 is 48.8 Å². The second-order valence-electron chi connectivity index (χ2n) is 5.35. The monoisotopic (exact) mass is 369 g/mol. The van der Waals surface area contributed by atoms with Gasteiger partial charge in [-0.2, -0.15) is 0 Å². The van der Waals surface area contributed by atoms with E-state index < -0.39 is 9.05 Å². The van der Waals surface area contributed by atoms with Gasteiger partial charge in [-0.3, -0.25) is 4.79 Å². The van der Waals surface area contributed by atoms with Crippen LogP contribution in [0.1, 0.15) is 30.6 Å². The number of nitrogens with zero attached hydrogens (tertiary/aromatic N) is 1. The molecule has 0 aromatic heterocycles. The van der Waals surface area contributed by atoms with Crippen molar-refractivity contribution in [2.45, 2.75) is 31.2 Å². The number of amides is 1. The number of carbonyl (C=O) groups is 1. The predicted octanol–water partition coefficient (Wildman–Crippen LogP) is 3.79. The van der Waals surface area contributed by atoms with E-state index in [0.717, 1.165) is 12.5 Å². The van der Waals surface area contributed by atoms with Gasteiger partial charge in [0.2, 0.25) is 0 Å². The average Bonchev–Trinajstić information content (AvgIpc) is 2.69. The summed E-state index contributed by atoms with van der Waals surface area (Å²) in [4.78, 5) is 14.0. The summed E-state index contributed by atoms with van der Waals surface area (Å²) >= 11 is 12.0. The number of carbonyl (C=O) groups excluding carboxylic acids is 1. The quantitative estimate of drug-likeness (QED) is 0.744. The smallest absolute Gasteiger partial charge is 0.261 e. The third-order valence-electron chi connectivity index (χ3n) is 3.56. The van der Waals surface area contributed by atoms with Crippen molar-refractivity contribution in [3.05, 3.63) is 27.7 Å². The van der Waals surface area contributed by atoms with Crippen LogP contribution in [0.3, 0.4) is 0 Å². The molecule has 0 spiro atoms. The maximum atomic E-state index is 12.6. The van der Waals surface area contributed by atoms with Gasteiger partial charge in [0.05, 0.1) is 20.5 Å². The summed E-state index contributed by atoms with van der Waals surface area (Å²) in [6, 6.07) is 2.38. The molecular formula is C13H14Cl3NO3S. The van der Waals surface area contributed by atoms with Crippen LogP contribution < -0.4 is 0 Å². The van der Waals surface area contributed by atoms with Gasteiger partial charge in [-0.1, -0.05) is 30.1 Å². The van der Waals surface area contributed by atoms with Crippen molar-refractivity contribution in [3.63, 3.8) is 0 Å². The fourth-order valence-electron chi connectivity index (χ4n) is 2.60. The van der Waals surface area contributed by atoms with E-state index in [9.17, 15) is 13.2 Å². The molecule has 2 rings (SSSR count). The summed E-state index contributed by atoms with van der Waals surface area (Å²) in [6.45, 7) is 4.60. The predicted molar refractivity (Wildman–Crippen MR) is 83.8 cm³/mol. The minimum atomic E-state index is -3.99. The SMILES string of the molecule is CC1CC(C)N(C(=O)c2cc(S(=O)(=O)Cl)cc(Cl)c2Cl)C1. The maximum absolute atomic E-state index is 12.6. The zero-order chi connectivity index (χ0) is 15.9. The van der Waals surface area contributed by atoms with Gasteiger partial charge >= 0.3 is 0 Å². The van der Waals surface area contributed by atoms with E-state index in [0.29, 0.717) is 12.5 Å². The van der Waals surface area contributed by atoms with Gasteiger partial charge in [0.25, 0.3) is 15.0 Å². The lowest BCUT2D eigenvalue weighted by Crippen LogP contribution is -2.34. The van der Waals surface area contributed by atoms with Crippen LogP contribution in [-0.2, 0) is 9.05 Å². The summed E-state index contributed by atoms with van der Waals surface area (Å²) in [7, 11) is 1.33. The molecule has 1 heterocycles. The summed E-state index contributed by atoms with van der Waals surface area (Å²) in [5.74, 6) is 0.0547. The standard InChI is InChI=1S/C13H14Cl3NO3S/c1-7-3-8(2)17(6-7)13(18)10-4-9(21(16,19)20)5-11(14)12(10)15/h4-5,7-8H,3,6H2,1-2H3. The lowest BCUT2D eigenvalue weighted by molar-refractivity contribution is 0.0743. The Balaban J connectivity index is 2.48. The molecule has 1 aliphatic rings. The van der Waals surface area contributed by atoms with E-state index in [1.807, 2.05) is 6.92 Å². The minimum Gasteiger partial charge on any atom is -0.336 e. The summed E-state index contributed by atoms with van der Waals surface area (Å²) in [5.41, 5.74) is 0.0596. The summed E-state index contributed by atoms with van der Waals surface area (Å²) in [6.07, 6.45) is 0.893. The second kappa shape index (κ2) is 5.95. The Morgan fingerprint density at radius 3 is 2.38 bits per heavy atom. The summed E-state index contributed by atoms with van der Waals surface area (Å²) in [5, 5.41) is 0.0270. The van der Waals surface area contributed by atoms with Crippen LogP contribution in [0.4, 0.5) is 0 Å². The number of rotatable bonds is 2. The fourth-order valence-corrected chi connectivity index (χ4v) is 3.86. The van der Waals surface area contributed by atoms with Crippen molar-refractivity contribution in [1.82, 2.24) is 4.90 Å². The van der Waals surface area contributed by atoms with Crippen LogP contribution in [0.25, 0.3) is 0 Å². The average molecular weight is 371 g/mol. The van der Waals surface area contributed by atoms with Crippen molar-refractivity contribution in [3.8, 4) is 0 Å². The Morgan fingerprint density at radius 1 is 1.29 bits per heavy atom. The zero-order valence-electron chi connectivity index (χ0n) is 11.4. The van der Waals surface area contributed by atoms with Gasteiger partial charge in [-0.05, 0) is 31.4 Å². The van der Waals surface area contributed by atoms with Crippen LogP contribution >= 0.6 is 33.9 Å². The second-order valence-corrected chi connectivity index (χ2v) is 8.70. The Bertz CT molecular complexity index is 690. The molecule has 2 unspecified atom stereocenters. The Morgan fingerprint density at radius 2 is 1.90 bits per heavy atom. The minimum absolute atomic E-state index is 0.0124. The van der Waals surface area contributed by atoms with Crippen molar-refractivity contribution < 1.29 is 13.2 Å². The van der Waals surface area contributed by atoms with Gasteiger partial charge in [0.1, 0.15) is 0 Å². The first-order chi connectivity index (χ1) is 9.61. The molecule has 4 nitrogen and oxygen atoms in total. The Labute approximate surface area is 138 Å². The van der Waals surface area contributed by atoms with Crippen LogP contribution in [-0.4, -0.2) is 31.8 Å². The zero-order valence-corrected chi connectivity index (χ0v) is 14.5. The molecule has 0 bridgehead atoms. The fraction of sp³-hybridized carbons (Fsp3) is 0.462. The lowest BCUT2D eigenvalue weighted by Gasteiger charge is -2.22. The highest BCUT2D eigenvalue weighted by molar-refractivity contribution is 8.13. The van der Waals surface area contributed by atoms with E-state index in [1.165, 1.54) is 6.07 Å².